The number of hydrogen-bond donors (Lipinski definition) is 1. The van der Waals surface area contributed by atoms with E-state index in [-0.39, 0.29) is 5.97 Å². The molecule has 3 nitrogen and oxygen atoms in total. The number of aliphatic hydroxyl groups is 1. The van der Waals surface area contributed by atoms with Crippen molar-refractivity contribution >= 4 is 5.97 Å². The fourth-order valence-electron chi connectivity index (χ4n) is 0.664. The summed E-state index contributed by atoms with van der Waals surface area (Å²) >= 11 is 0. The SMILES string of the molecule is CCCCCC(=O)OCO. The zero-order valence-corrected chi connectivity index (χ0v) is 6.30. The molecule has 0 bridgehead atoms. The number of rotatable bonds is 5. The number of ether oxygens (including phenoxy) is 1. The van der Waals surface area contributed by atoms with Crippen LogP contribution >= 0.6 is 0 Å². The van der Waals surface area contributed by atoms with Gasteiger partial charge in [0.05, 0.1) is 0 Å². The molecule has 0 rings (SSSR count). The van der Waals surface area contributed by atoms with Gasteiger partial charge in [-0.05, 0) is 6.42 Å². The smallest absolute Gasteiger partial charge is 0.307 e. The Morgan fingerprint density at radius 1 is 1.50 bits per heavy atom. The Balaban J connectivity index is 3.05. The summed E-state index contributed by atoms with van der Waals surface area (Å²) in [6.07, 6.45) is 3.41. The number of unbranched alkanes of at least 4 members (excludes halogenated alkanes) is 2. The fourth-order valence-corrected chi connectivity index (χ4v) is 0.664. The van der Waals surface area contributed by atoms with Gasteiger partial charge in [-0.2, -0.15) is 0 Å². The summed E-state index contributed by atoms with van der Waals surface area (Å²) in [5, 5.41) is 8.15. The van der Waals surface area contributed by atoms with Crippen molar-refractivity contribution in [3.05, 3.63) is 0 Å². The molecule has 0 heterocycles. The quantitative estimate of drug-likeness (QED) is 0.358. The Morgan fingerprint density at radius 3 is 2.70 bits per heavy atom. The summed E-state index contributed by atoms with van der Waals surface area (Å²) in [4.78, 5) is 10.5. The van der Waals surface area contributed by atoms with Gasteiger partial charge in [0.25, 0.3) is 0 Å². The molecule has 0 aromatic rings. The van der Waals surface area contributed by atoms with Crippen LogP contribution in [0.5, 0.6) is 0 Å². The maximum atomic E-state index is 10.5. The molecular formula is C7H14O3. The fraction of sp³-hybridized carbons (Fsp3) is 0.857. The summed E-state index contributed by atoms with van der Waals surface area (Å²) in [7, 11) is 0. The molecular weight excluding hydrogens is 132 g/mol. The highest BCUT2D eigenvalue weighted by Crippen LogP contribution is 1.99. The largest absolute Gasteiger partial charge is 0.439 e. The highest BCUT2D eigenvalue weighted by Gasteiger charge is 1.99. The van der Waals surface area contributed by atoms with Gasteiger partial charge in [-0.15, -0.1) is 0 Å². The lowest BCUT2D eigenvalue weighted by Crippen LogP contribution is -2.04. The summed E-state index contributed by atoms with van der Waals surface area (Å²) in [6, 6.07) is 0. The molecule has 0 radical (unpaired) electrons. The van der Waals surface area contributed by atoms with E-state index >= 15 is 0 Å². The van der Waals surface area contributed by atoms with Crippen molar-refractivity contribution in [2.24, 2.45) is 0 Å². The summed E-state index contributed by atoms with van der Waals surface area (Å²) in [5.41, 5.74) is 0. The van der Waals surface area contributed by atoms with E-state index in [4.69, 9.17) is 5.11 Å². The monoisotopic (exact) mass is 146 g/mol. The first kappa shape index (κ1) is 9.43. The molecule has 60 valence electrons. The minimum atomic E-state index is -0.495. The predicted molar refractivity (Wildman–Crippen MR) is 37.3 cm³/mol. The van der Waals surface area contributed by atoms with Crippen molar-refractivity contribution in [1.29, 1.82) is 0 Å². The zero-order chi connectivity index (χ0) is 7.82. The van der Waals surface area contributed by atoms with Gasteiger partial charge in [0.15, 0.2) is 6.79 Å². The Labute approximate surface area is 61.0 Å². The van der Waals surface area contributed by atoms with Crippen LogP contribution in [0.2, 0.25) is 0 Å². The van der Waals surface area contributed by atoms with E-state index in [1.54, 1.807) is 0 Å². The van der Waals surface area contributed by atoms with Gasteiger partial charge in [0.1, 0.15) is 0 Å². The Morgan fingerprint density at radius 2 is 2.20 bits per heavy atom. The van der Waals surface area contributed by atoms with Crippen LogP contribution < -0.4 is 0 Å². The van der Waals surface area contributed by atoms with Crippen molar-refractivity contribution in [1.82, 2.24) is 0 Å². The molecule has 0 amide bonds. The van der Waals surface area contributed by atoms with Crippen LogP contribution in [0.4, 0.5) is 0 Å². The Kier molecular flexibility index (Phi) is 6.18. The van der Waals surface area contributed by atoms with E-state index in [1.165, 1.54) is 0 Å². The molecule has 10 heavy (non-hydrogen) atoms. The van der Waals surface area contributed by atoms with Gasteiger partial charge < -0.3 is 9.84 Å². The van der Waals surface area contributed by atoms with Crippen molar-refractivity contribution in [2.75, 3.05) is 6.79 Å². The van der Waals surface area contributed by atoms with Gasteiger partial charge in [0.2, 0.25) is 0 Å². The first-order valence-electron chi connectivity index (χ1n) is 3.57. The van der Waals surface area contributed by atoms with Crippen LogP contribution in [-0.2, 0) is 9.53 Å². The summed E-state index contributed by atoms with van der Waals surface area (Å²) in [5.74, 6) is -0.309. The average Bonchev–Trinajstić information content (AvgIpc) is 1.89. The first-order valence-corrected chi connectivity index (χ1v) is 3.57. The molecule has 0 aromatic heterocycles. The van der Waals surface area contributed by atoms with Crippen molar-refractivity contribution < 1.29 is 14.6 Å². The number of esters is 1. The summed E-state index contributed by atoms with van der Waals surface area (Å²) in [6.45, 7) is 1.57. The molecule has 0 aliphatic carbocycles. The molecule has 0 aliphatic heterocycles. The zero-order valence-electron chi connectivity index (χ0n) is 6.30. The van der Waals surface area contributed by atoms with Gasteiger partial charge in [-0.25, -0.2) is 0 Å². The molecule has 0 aromatic carbocycles. The minimum absolute atomic E-state index is 0.309. The maximum absolute atomic E-state index is 10.5. The number of carbonyl (C=O) groups is 1. The maximum Gasteiger partial charge on any atom is 0.307 e. The molecule has 0 saturated heterocycles. The van der Waals surface area contributed by atoms with Gasteiger partial charge in [0, 0.05) is 6.42 Å². The van der Waals surface area contributed by atoms with Crippen LogP contribution in [0.15, 0.2) is 0 Å². The lowest BCUT2D eigenvalue weighted by molar-refractivity contribution is -0.151. The molecule has 3 heteroatoms. The lowest BCUT2D eigenvalue weighted by atomic mass is 10.2. The third-order valence-electron chi connectivity index (χ3n) is 1.21. The second-order valence-corrected chi connectivity index (χ2v) is 2.10. The highest BCUT2D eigenvalue weighted by atomic mass is 16.6. The van der Waals surface area contributed by atoms with Crippen LogP contribution in [0.25, 0.3) is 0 Å². The van der Waals surface area contributed by atoms with Crippen LogP contribution in [0, 0.1) is 0 Å². The van der Waals surface area contributed by atoms with Gasteiger partial charge >= 0.3 is 5.97 Å². The molecule has 0 unspecified atom stereocenters. The Hall–Kier alpha value is -0.570. The molecule has 0 saturated carbocycles. The third kappa shape index (κ3) is 5.56. The van der Waals surface area contributed by atoms with Crippen LogP contribution in [0.3, 0.4) is 0 Å². The van der Waals surface area contributed by atoms with Crippen LogP contribution in [-0.4, -0.2) is 17.9 Å². The minimum Gasteiger partial charge on any atom is -0.439 e. The molecule has 1 N–H and O–H groups in total. The second kappa shape index (κ2) is 6.55. The third-order valence-corrected chi connectivity index (χ3v) is 1.21. The second-order valence-electron chi connectivity index (χ2n) is 2.10. The topological polar surface area (TPSA) is 46.5 Å². The van der Waals surface area contributed by atoms with E-state index in [2.05, 4.69) is 11.7 Å². The standard InChI is InChI=1S/C7H14O3/c1-2-3-4-5-7(9)10-6-8/h8H,2-6H2,1H3. The average molecular weight is 146 g/mol. The van der Waals surface area contributed by atoms with E-state index < -0.39 is 6.79 Å². The Bertz CT molecular complexity index is 90.9. The molecule has 0 spiro atoms. The highest BCUT2D eigenvalue weighted by molar-refractivity contribution is 5.69. The van der Waals surface area contributed by atoms with E-state index in [1.807, 2.05) is 0 Å². The molecule has 0 atom stereocenters. The van der Waals surface area contributed by atoms with Gasteiger partial charge in [-0.3, -0.25) is 4.79 Å². The van der Waals surface area contributed by atoms with Gasteiger partial charge in [-0.1, -0.05) is 19.8 Å². The van der Waals surface area contributed by atoms with Crippen molar-refractivity contribution in [3.8, 4) is 0 Å². The summed E-state index contributed by atoms with van der Waals surface area (Å²) < 4.78 is 4.31. The van der Waals surface area contributed by atoms with Crippen LogP contribution in [0.1, 0.15) is 32.6 Å². The molecule has 0 aliphatic rings. The number of carbonyl (C=O) groups excluding carboxylic acids is 1. The normalized spacial score (nSPS) is 9.40. The molecule has 0 fully saturated rings. The predicted octanol–water partition coefficient (Wildman–Crippen LogP) is 1.06. The van der Waals surface area contributed by atoms with Crippen molar-refractivity contribution in [2.45, 2.75) is 32.6 Å². The lowest BCUT2D eigenvalue weighted by Gasteiger charge is -1.98. The van der Waals surface area contributed by atoms with E-state index in [9.17, 15) is 4.79 Å². The van der Waals surface area contributed by atoms with E-state index in [0.29, 0.717) is 6.42 Å². The van der Waals surface area contributed by atoms with Crippen molar-refractivity contribution in [3.63, 3.8) is 0 Å². The van der Waals surface area contributed by atoms with E-state index in [0.717, 1.165) is 19.3 Å². The number of aliphatic hydroxyl groups excluding tert-OH is 1. The number of hydrogen-bond acceptors (Lipinski definition) is 3. The first-order chi connectivity index (χ1) is 4.81.